The van der Waals surface area contributed by atoms with E-state index in [4.69, 9.17) is 52.8 Å². The van der Waals surface area contributed by atoms with Gasteiger partial charge in [-0.25, -0.2) is 0 Å². The first-order chi connectivity index (χ1) is 9.66. The zero-order valence-electron chi connectivity index (χ0n) is 11.2. The zero-order chi connectivity index (χ0) is 18.4. The molecule has 1 aromatic carbocycles. The molecule has 0 aliphatic heterocycles. The van der Waals surface area contributed by atoms with E-state index in [1.54, 1.807) is 0 Å². The van der Waals surface area contributed by atoms with Gasteiger partial charge in [0.15, 0.2) is 0 Å². The van der Waals surface area contributed by atoms with Gasteiger partial charge in [-0.15, -0.1) is 0 Å². The molecule has 4 N–H and O–H groups in total. The molecule has 0 saturated carbocycles. The molecule has 130 valence electrons. The molecule has 23 heavy (non-hydrogen) atoms. The van der Waals surface area contributed by atoms with Crippen molar-refractivity contribution in [1.82, 2.24) is 0 Å². The van der Waals surface area contributed by atoms with Crippen LogP contribution in [0.5, 0.6) is 0 Å². The van der Waals surface area contributed by atoms with E-state index < -0.39 is 23.9 Å². The number of benzene rings is 1. The van der Waals surface area contributed by atoms with Crippen LogP contribution in [-0.2, 0) is 39.9 Å². The van der Waals surface area contributed by atoms with Crippen LogP contribution in [-0.4, -0.2) is 19.6 Å². The average Bonchev–Trinajstić information content (AvgIpc) is 2.25. The first-order valence-electron chi connectivity index (χ1n) is 4.75. The Labute approximate surface area is 151 Å². The van der Waals surface area contributed by atoms with Gasteiger partial charge < -0.3 is 48.3 Å². The molecule has 1 rings (SSSR count). The zero-order valence-corrected chi connectivity index (χ0v) is 16.5. The number of hydrogen-bond acceptors (Lipinski definition) is 7. The molecule has 15 heteroatoms. The van der Waals surface area contributed by atoms with E-state index in [0.29, 0.717) is 0 Å². The molecule has 0 aliphatic carbocycles. The van der Waals surface area contributed by atoms with Gasteiger partial charge in [0.25, 0.3) is 0 Å². The Morgan fingerprint density at radius 1 is 0.957 bits per heavy atom. The SMILES string of the molecule is C=Cc1ccccc1.O=P([O-])([O-])O.O=P([O-])([O-])O.O=[PH](O)O.[Zr+4]. The van der Waals surface area contributed by atoms with Crippen molar-refractivity contribution < 1.29 is 79.0 Å². The van der Waals surface area contributed by atoms with E-state index in [9.17, 15) is 0 Å². The number of hydrogen-bond donors (Lipinski definition) is 4. The summed E-state index contributed by atoms with van der Waals surface area (Å²) >= 11 is 0. The molecule has 0 amide bonds. The first kappa shape index (κ1) is 31.0. The maximum absolute atomic E-state index is 8.74. The second kappa shape index (κ2) is 17.0. The van der Waals surface area contributed by atoms with Crippen LogP contribution < -0.4 is 19.6 Å². The molecular weight excluding hydrogens is 456 g/mol. The normalized spacial score (nSPS) is 9.61. The monoisotopic (exact) mass is 468 g/mol. The standard InChI is InChI=1S/C8H8.2H3O4P.H3O3P.Zr/c1-2-8-6-4-3-5-7-8;2*1-5(2,3)4;1-4(2)3;/h2-7H,1H2;2*(H3,1,2,3,4);4H,(H2,1,2,3);/q;;;;+4/p-4. The van der Waals surface area contributed by atoms with Crippen LogP contribution in [0.15, 0.2) is 36.9 Å². The largest absolute Gasteiger partial charge is 4.00 e. The van der Waals surface area contributed by atoms with Crippen molar-refractivity contribution in [2.24, 2.45) is 0 Å². The van der Waals surface area contributed by atoms with Crippen molar-refractivity contribution in [3.63, 3.8) is 0 Å². The van der Waals surface area contributed by atoms with Gasteiger partial charge in [-0.05, 0) is 5.56 Å². The van der Waals surface area contributed by atoms with Gasteiger partial charge in [0.05, 0.1) is 15.6 Å². The molecule has 0 atom stereocenters. The Bertz CT molecular complexity index is 471. The predicted octanol–water partition coefficient (Wildman–Crippen LogP) is -2.70. The Morgan fingerprint density at radius 2 is 1.17 bits per heavy atom. The van der Waals surface area contributed by atoms with E-state index in [1.165, 1.54) is 5.56 Å². The molecular formula is C8H13O11P3Zr. The smallest absolute Gasteiger partial charge is 0.790 e. The quantitative estimate of drug-likeness (QED) is 0.310. The summed E-state index contributed by atoms with van der Waals surface area (Å²) in [5.74, 6) is 0. The van der Waals surface area contributed by atoms with Crippen molar-refractivity contribution in [1.29, 1.82) is 0 Å². The van der Waals surface area contributed by atoms with Crippen molar-refractivity contribution in [3.05, 3.63) is 42.5 Å². The third kappa shape index (κ3) is 87.0. The molecule has 0 unspecified atom stereocenters. The van der Waals surface area contributed by atoms with Crippen molar-refractivity contribution in [2.75, 3.05) is 0 Å². The van der Waals surface area contributed by atoms with Crippen LogP contribution in [0.2, 0.25) is 0 Å². The molecule has 0 bridgehead atoms. The van der Waals surface area contributed by atoms with Crippen LogP contribution in [0.25, 0.3) is 6.08 Å². The van der Waals surface area contributed by atoms with Crippen LogP contribution >= 0.6 is 23.9 Å². The molecule has 0 aromatic heterocycles. The summed E-state index contributed by atoms with van der Waals surface area (Å²) in [6.45, 7) is 3.63. The van der Waals surface area contributed by atoms with Gasteiger partial charge in [0.1, 0.15) is 0 Å². The summed E-state index contributed by atoms with van der Waals surface area (Å²) in [5.41, 5.74) is 1.17. The molecule has 0 heterocycles. The fraction of sp³-hybridized carbons (Fsp3) is 0. The Hall–Kier alpha value is 0.213. The van der Waals surface area contributed by atoms with Crippen LogP contribution in [0, 0.1) is 0 Å². The van der Waals surface area contributed by atoms with E-state index in [1.807, 2.05) is 36.4 Å². The van der Waals surface area contributed by atoms with Crippen LogP contribution in [0.4, 0.5) is 0 Å². The molecule has 0 fully saturated rings. The summed E-state index contributed by atoms with van der Waals surface area (Å²) in [5, 5.41) is 0. The van der Waals surface area contributed by atoms with Gasteiger partial charge in [-0.1, -0.05) is 43.0 Å². The summed E-state index contributed by atoms with van der Waals surface area (Å²) in [4.78, 5) is 62.9. The third-order valence-corrected chi connectivity index (χ3v) is 1.04. The van der Waals surface area contributed by atoms with Crippen molar-refractivity contribution >= 4 is 30.0 Å². The van der Waals surface area contributed by atoms with Gasteiger partial charge >= 0.3 is 34.5 Å². The fourth-order valence-electron chi connectivity index (χ4n) is 0.589. The molecule has 11 nitrogen and oxygen atoms in total. The Morgan fingerprint density at radius 3 is 1.30 bits per heavy atom. The Kier molecular flexibility index (Phi) is 23.0. The van der Waals surface area contributed by atoms with Crippen molar-refractivity contribution in [2.45, 2.75) is 0 Å². The van der Waals surface area contributed by atoms with Crippen LogP contribution in [0.1, 0.15) is 5.56 Å². The topological polar surface area (TPSA) is 224 Å². The first-order valence-corrected chi connectivity index (χ1v) is 9.05. The Balaban J connectivity index is -0.000000108. The minimum Gasteiger partial charge on any atom is -0.790 e. The minimum absolute atomic E-state index is 0. The van der Waals surface area contributed by atoms with Gasteiger partial charge in [-0.2, -0.15) is 0 Å². The average molecular weight is 469 g/mol. The molecule has 0 saturated heterocycles. The van der Waals surface area contributed by atoms with E-state index >= 15 is 0 Å². The van der Waals surface area contributed by atoms with E-state index in [-0.39, 0.29) is 26.2 Å². The summed E-state index contributed by atoms with van der Waals surface area (Å²) < 4.78 is 26.1. The predicted molar refractivity (Wildman–Crippen MR) is 69.6 cm³/mol. The van der Waals surface area contributed by atoms with Crippen molar-refractivity contribution in [3.8, 4) is 0 Å². The number of rotatable bonds is 1. The fourth-order valence-corrected chi connectivity index (χ4v) is 0.589. The molecule has 0 aliphatic rings. The molecule has 0 spiro atoms. The number of phosphoric acid groups is 2. The summed E-state index contributed by atoms with van der Waals surface area (Å²) in [6, 6.07) is 10.0. The second-order valence-corrected chi connectivity index (χ2v) is 5.27. The van der Waals surface area contributed by atoms with Crippen LogP contribution in [0.3, 0.4) is 0 Å². The summed E-state index contributed by atoms with van der Waals surface area (Å²) in [7, 11) is -13.4. The summed E-state index contributed by atoms with van der Waals surface area (Å²) in [6.07, 6.45) is 1.83. The maximum Gasteiger partial charge on any atom is 4.00 e. The van der Waals surface area contributed by atoms with Gasteiger partial charge in [0, 0.05) is 0 Å². The third-order valence-electron chi connectivity index (χ3n) is 1.04. The van der Waals surface area contributed by atoms with Gasteiger partial charge in [-0.3, -0.25) is 4.57 Å². The van der Waals surface area contributed by atoms with E-state index in [2.05, 4.69) is 6.58 Å². The minimum atomic E-state index is -5.14. The molecule has 0 radical (unpaired) electrons. The van der Waals surface area contributed by atoms with Gasteiger partial charge in [0.2, 0.25) is 0 Å². The maximum atomic E-state index is 8.74. The second-order valence-electron chi connectivity index (χ2n) is 2.83. The van der Waals surface area contributed by atoms with E-state index in [0.717, 1.165) is 0 Å². The molecule has 1 aromatic rings.